The second-order valence-corrected chi connectivity index (χ2v) is 10.1. The predicted molar refractivity (Wildman–Crippen MR) is 125 cm³/mol. The van der Waals surface area contributed by atoms with Crippen LogP contribution in [0.1, 0.15) is 74.1 Å². The molecule has 2 aliphatic rings. The van der Waals surface area contributed by atoms with Gasteiger partial charge in [-0.2, -0.15) is 22.8 Å². The predicted octanol–water partition coefficient (Wildman–Crippen LogP) is 6.69. The van der Waals surface area contributed by atoms with E-state index in [4.69, 9.17) is 4.98 Å². The number of nitrogens with zero attached hydrogens (tertiary/aromatic N) is 4. The Kier molecular flexibility index (Phi) is 6.49. The lowest BCUT2D eigenvalue weighted by Gasteiger charge is -2.38. The van der Waals surface area contributed by atoms with E-state index < -0.39 is 12.1 Å². The highest BCUT2D eigenvalue weighted by Gasteiger charge is 2.42. The molecule has 3 heterocycles. The van der Waals surface area contributed by atoms with Crippen LogP contribution in [0.2, 0.25) is 0 Å². The molecule has 0 aromatic carbocycles. The summed E-state index contributed by atoms with van der Waals surface area (Å²) in [5.41, 5.74) is 4.10. The minimum Gasteiger partial charge on any atom is -0.366 e. The van der Waals surface area contributed by atoms with Gasteiger partial charge in [-0.3, -0.25) is 4.98 Å². The molecule has 1 N–H and O–H groups in total. The van der Waals surface area contributed by atoms with E-state index in [-0.39, 0.29) is 0 Å². The zero-order chi connectivity index (χ0) is 23.7. The van der Waals surface area contributed by atoms with Crippen molar-refractivity contribution in [3.63, 3.8) is 0 Å². The van der Waals surface area contributed by atoms with Crippen molar-refractivity contribution in [1.29, 1.82) is 0 Å². The van der Waals surface area contributed by atoms with Gasteiger partial charge in [-0.25, -0.2) is 4.98 Å². The molecule has 2 aliphatic carbocycles. The van der Waals surface area contributed by atoms with Gasteiger partial charge in [0.2, 0.25) is 0 Å². The van der Waals surface area contributed by atoms with Gasteiger partial charge in [-0.05, 0) is 81.8 Å². The molecule has 0 atom stereocenters. The summed E-state index contributed by atoms with van der Waals surface area (Å²) in [7, 11) is 0. The maximum Gasteiger partial charge on any atom is 0.391 e. The van der Waals surface area contributed by atoms with Crippen molar-refractivity contribution in [3.05, 3.63) is 53.6 Å². The normalized spacial score (nSPS) is 26.0. The number of pyridine rings is 1. The van der Waals surface area contributed by atoms with Crippen molar-refractivity contribution < 1.29 is 13.2 Å². The Labute approximate surface area is 198 Å². The molecule has 0 aliphatic heterocycles. The summed E-state index contributed by atoms with van der Waals surface area (Å²) in [6.45, 7) is 2.68. The molecule has 0 bridgehead atoms. The summed E-state index contributed by atoms with van der Waals surface area (Å²) in [5, 5.41) is 8.01. The van der Waals surface area contributed by atoms with E-state index in [1.54, 1.807) is 6.20 Å². The van der Waals surface area contributed by atoms with Crippen LogP contribution >= 0.6 is 0 Å². The van der Waals surface area contributed by atoms with Crippen LogP contribution in [0, 0.1) is 24.7 Å². The van der Waals surface area contributed by atoms with Crippen molar-refractivity contribution in [2.45, 2.75) is 76.9 Å². The molecule has 0 spiro atoms. The van der Waals surface area contributed by atoms with E-state index in [9.17, 15) is 13.2 Å². The minimum absolute atomic E-state index is 0.304. The molecular weight excluding hydrogens is 439 g/mol. The minimum atomic E-state index is -4.03. The third-order valence-corrected chi connectivity index (χ3v) is 7.96. The van der Waals surface area contributed by atoms with Gasteiger partial charge in [0.25, 0.3) is 0 Å². The summed E-state index contributed by atoms with van der Waals surface area (Å²) in [6, 6.07) is 6.09. The second kappa shape index (κ2) is 9.55. The third kappa shape index (κ3) is 4.91. The molecule has 0 radical (unpaired) electrons. The lowest BCUT2D eigenvalue weighted by molar-refractivity contribution is -0.185. The maximum absolute atomic E-state index is 13.0. The molecule has 8 heteroatoms. The summed E-state index contributed by atoms with van der Waals surface area (Å²) in [4.78, 5) is 9.16. The van der Waals surface area contributed by atoms with Crippen LogP contribution in [-0.2, 0) is 6.54 Å². The molecular formula is C26H32F3N5. The Morgan fingerprint density at radius 1 is 1.00 bits per heavy atom. The average molecular weight is 472 g/mol. The van der Waals surface area contributed by atoms with Crippen LogP contribution in [0.15, 0.2) is 36.8 Å². The summed E-state index contributed by atoms with van der Waals surface area (Å²) < 4.78 is 40.9. The highest BCUT2D eigenvalue weighted by atomic mass is 19.4. The fourth-order valence-electron chi connectivity index (χ4n) is 5.93. The molecule has 0 amide bonds. The number of aryl methyl sites for hydroxylation is 1. The van der Waals surface area contributed by atoms with E-state index in [0.29, 0.717) is 37.1 Å². The molecule has 2 saturated carbocycles. The number of rotatable bonds is 5. The monoisotopic (exact) mass is 471 g/mol. The lowest BCUT2D eigenvalue weighted by atomic mass is 9.68. The maximum atomic E-state index is 13.0. The molecule has 0 saturated heterocycles. The smallest absolute Gasteiger partial charge is 0.366 e. The van der Waals surface area contributed by atoms with E-state index in [0.717, 1.165) is 66.8 Å². The van der Waals surface area contributed by atoms with E-state index >= 15 is 0 Å². The van der Waals surface area contributed by atoms with Gasteiger partial charge in [-0.1, -0.05) is 6.07 Å². The number of hydrogen-bond donors (Lipinski definition) is 1. The number of hydrogen-bond acceptors (Lipinski definition) is 4. The summed E-state index contributed by atoms with van der Waals surface area (Å²) in [6.07, 6.45) is 7.73. The first-order chi connectivity index (χ1) is 16.4. The van der Waals surface area contributed by atoms with Gasteiger partial charge in [0, 0.05) is 42.2 Å². The van der Waals surface area contributed by atoms with Crippen LogP contribution in [0.4, 0.5) is 19.0 Å². The number of alkyl halides is 3. The van der Waals surface area contributed by atoms with Crippen LogP contribution < -0.4 is 5.32 Å². The number of anilines is 1. The molecule has 5 nitrogen and oxygen atoms in total. The quantitative estimate of drug-likeness (QED) is 0.451. The summed E-state index contributed by atoms with van der Waals surface area (Å²) >= 11 is 0. The Morgan fingerprint density at radius 3 is 2.35 bits per heavy atom. The Hall–Kier alpha value is -2.64. The fraction of sp³-hybridized carbons (Fsp3) is 0.577. The summed E-state index contributed by atoms with van der Waals surface area (Å²) in [5.74, 6) is 1.20. The zero-order valence-corrected chi connectivity index (χ0v) is 19.6. The average Bonchev–Trinajstić information content (AvgIpc) is 3.23. The Bertz CT molecular complexity index is 1090. The number of aromatic nitrogens is 4. The van der Waals surface area contributed by atoms with E-state index in [2.05, 4.69) is 21.5 Å². The molecule has 2 fully saturated rings. The van der Waals surface area contributed by atoms with Gasteiger partial charge in [0.1, 0.15) is 5.82 Å². The van der Waals surface area contributed by atoms with Gasteiger partial charge >= 0.3 is 6.18 Å². The largest absolute Gasteiger partial charge is 0.391 e. The van der Waals surface area contributed by atoms with Crippen molar-refractivity contribution in [2.24, 2.45) is 17.8 Å². The number of fused-ring (bicyclic) bond motifs is 1. The number of halogens is 3. The van der Waals surface area contributed by atoms with Crippen LogP contribution in [0.3, 0.4) is 0 Å². The van der Waals surface area contributed by atoms with Crippen molar-refractivity contribution in [1.82, 2.24) is 19.6 Å². The van der Waals surface area contributed by atoms with Gasteiger partial charge in [0.05, 0.1) is 12.1 Å². The highest BCUT2D eigenvalue weighted by Crippen LogP contribution is 2.46. The lowest BCUT2D eigenvalue weighted by Crippen LogP contribution is -2.31. The van der Waals surface area contributed by atoms with Crippen LogP contribution in [0.25, 0.3) is 5.65 Å². The molecule has 3 aromatic heterocycles. The third-order valence-electron chi connectivity index (χ3n) is 7.96. The van der Waals surface area contributed by atoms with Crippen molar-refractivity contribution >= 4 is 11.5 Å². The second-order valence-electron chi connectivity index (χ2n) is 10.1. The van der Waals surface area contributed by atoms with E-state index in [1.807, 2.05) is 36.0 Å². The van der Waals surface area contributed by atoms with Gasteiger partial charge in [0.15, 0.2) is 5.65 Å². The fourth-order valence-corrected chi connectivity index (χ4v) is 5.93. The van der Waals surface area contributed by atoms with Crippen molar-refractivity contribution in [3.8, 4) is 0 Å². The number of nitrogens with one attached hydrogen (secondary N) is 1. The first kappa shape index (κ1) is 23.1. The molecule has 34 heavy (non-hydrogen) atoms. The Morgan fingerprint density at radius 2 is 1.71 bits per heavy atom. The first-order valence-electron chi connectivity index (χ1n) is 12.4. The molecule has 182 valence electrons. The SMILES string of the molecule is Cc1cnn2c(NCc3cccnc3)cc(C3CCC(C4CCC(C(F)(F)F)CC4)CC3)nc12. The van der Waals surface area contributed by atoms with Crippen LogP contribution in [0.5, 0.6) is 0 Å². The van der Waals surface area contributed by atoms with Gasteiger partial charge < -0.3 is 5.32 Å². The molecule has 5 rings (SSSR count). The van der Waals surface area contributed by atoms with E-state index in [1.165, 1.54) is 0 Å². The topological polar surface area (TPSA) is 55.1 Å². The standard InChI is InChI=1S/C26H32F3N5/c1-17-14-32-34-24(31-16-18-3-2-12-30-15-18)13-23(33-25(17)34)21-6-4-19(5-7-21)20-8-10-22(11-9-20)26(27,28)29/h2-3,12-15,19-22,31H,4-11,16H2,1H3. The molecule has 0 unspecified atom stereocenters. The van der Waals surface area contributed by atoms with Crippen molar-refractivity contribution in [2.75, 3.05) is 5.32 Å². The zero-order valence-electron chi connectivity index (χ0n) is 19.6. The van der Waals surface area contributed by atoms with Crippen LogP contribution in [-0.4, -0.2) is 25.8 Å². The first-order valence-corrected chi connectivity index (χ1v) is 12.4. The molecule has 3 aromatic rings. The Balaban J connectivity index is 1.25. The highest BCUT2D eigenvalue weighted by molar-refractivity contribution is 5.54. The van der Waals surface area contributed by atoms with Gasteiger partial charge in [-0.15, -0.1) is 0 Å².